The Balaban J connectivity index is 2.08. The van der Waals surface area contributed by atoms with E-state index in [1.807, 2.05) is 0 Å². The number of aliphatic hydroxyl groups is 1. The van der Waals surface area contributed by atoms with Gasteiger partial charge in [0, 0.05) is 66.7 Å². The molecular formula is C14H32N2O5Si. The smallest absolute Gasteiger partial charge is 0.389 e. The molecule has 7 nitrogen and oxygen atoms in total. The van der Waals surface area contributed by atoms with E-state index in [1.165, 1.54) is 0 Å². The SMILES string of the molecule is CO[Si](CCCOCC(O)CN1CCN(C)CC1)(OC)OC. The number of aliphatic hydroxyl groups excluding tert-OH is 1. The normalized spacial score (nSPS) is 19.5. The first kappa shape index (κ1) is 20.0. The summed E-state index contributed by atoms with van der Waals surface area (Å²) in [4.78, 5) is 4.59. The van der Waals surface area contributed by atoms with E-state index in [0.29, 0.717) is 25.8 Å². The fourth-order valence-electron chi connectivity index (χ4n) is 2.55. The quantitative estimate of drug-likeness (QED) is 0.417. The van der Waals surface area contributed by atoms with Gasteiger partial charge in [-0.05, 0) is 13.5 Å². The molecule has 1 fully saturated rings. The van der Waals surface area contributed by atoms with Gasteiger partial charge in [-0.25, -0.2) is 0 Å². The molecule has 0 radical (unpaired) electrons. The standard InChI is InChI=1S/C14H32N2O5Si/c1-15-6-8-16(9-7-15)12-14(17)13-21-10-5-11-22(18-2,19-3)20-4/h14,17H,5-13H2,1-4H3. The average Bonchev–Trinajstić information content (AvgIpc) is 2.54. The predicted octanol–water partition coefficient (Wildman–Crippen LogP) is -0.120. The van der Waals surface area contributed by atoms with Crippen molar-refractivity contribution in [3.05, 3.63) is 0 Å². The maximum Gasteiger partial charge on any atom is 0.500 e. The Morgan fingerprint density at radius 1 is 1.05 bits per heavy atom. The van der Waals surface area contributed by atoms with Gasteiger partial charge in [0.15, 0.2) is 0 Å². The largest absolute Gasteiger partial charge is 0.500 e. The van der Waals surface area contributed by atoms with Gasteiger partial charge in [0.1, 0.15) is 0 Å². The summed E-state index contributed by atoms with van der Waals surface area (Å²) in [5, 5.41) is 10.0. The van der Waals surface area contributed by atoms with Gasteiger partial charge in [-0.2, -0.15) is 0 Å². The van der Waals surface area contributed by atoms with Crippen LogP contribution in [0.5, 0.6) is 0 Å². The summed E-state index contributed by atoms with van der Waals surface area (Å²) in [7, 11) is 4.47. The van der Waals surface area contributed by atoms with Crippen molar-refractivity contribution in [3.8, 4) is 0 Å². The zero-order valence-corrected chi connectivity index (χ0v) is 15.4. The number of nitrogens with zero attached hydrogens (tertiary/aromatic N) is 2. The minimum atomic E-state index is -2.49. The molecule has 8 heteroatoms. The Labute approximate surface area is 135 Å². The van der Waals surface area contributed by atoms with Crippen LogP contribution in [-0.4, -0.2) is 104 Å². The lowest BCUT2D eigenvalue weighted by atomic mass is 10.3. The van der Waals surface area contributed by atoms with Crippen molar-refractivity contribution in [1.29, 1.82) is 0 Å². The van der Waals surface area contributed by atoms with E-state index in [4.69, 9.17) is 18.0 Å². The number of β-amino-alcohol motifs (C(OH)–C–C–N with tert-alkyl or cyclic N) is 1. The van der Waals surface area contributed by atoms with Crippen LogP contribution in [0.2, 0.25) is 6.04 Å². The van der Waals surface area contributed by atoms with Gasteiger partial charge < -0.3 is 28.0 Å². The van der Waals surface area contributed by atoms with E-state index in [1.54, 1.807) is 21.3 Å². The molecule has 1 unspecified atom stereocenters. The molecule has 1 saturated heterocycles. The second kappa shape index (κ2) is 10.7. The van der Waals surface area contributed by atoms with Crippen LogP contribution >= 0.6 is 0 Å². The van der Waals surface area contributed by atoms with Crippen molar-refractivity contribution >= 4 is 8.80 Å². The lowest BCUT2D eigenvalue weighted by molar-refractivity contribution is 0.00807. The maximum absolute atomic E-state index is 10.0. The fraction of sp³-hybridized carbons (Fsp3) is 1.00. The second-order valence-electron chi connectivity index (χ2n) is 5.73. The lowest BCUT2D eigenvalue weighted by Crippen LogP contribution is -2.47. The van der Waals surface area contributed by atoms with Crippen LogP contribution in [0.1, 0.15) is 6.42 Å². The zero-order valence-electron chi connectivity index (χ0n) is 14.4. The van der Waals surface area contributed by atoms with Crippen molar-refractivity contribution in [2.75, 3.05) is 74.3 Å². The second-order valence-corrected chi connectivity index (χ2v) is 8.82. The van der Waals surface area contributed by atoms with Crippen molar-refractivity contribution in [2.45, 2.75) is 18.6 Å². The zero-order chi connectivity index (χ0) is 16.4. The third-order valence-corrected chi connectivity index (χ3v) is 6.91. The van der Waals surface area contributed by atoms with E-state index in [2.05, 4.69) is 16.8 Å². The molecule has 0 aliphatic carbocycles. The summed E-state index contributed by atoms with van der Waals surface area (Å²) in [5.41, 5.74) is 0. The van der Waals surface area contributed by atoms with Crippen LogP contribution in [0.3, 0.4) is 0 Å². The Morgan fingerprint density at radius 2 is 1.64 bits per heavy atom. The number of hydrogen-bond acceptors (Lipinski definition) is 7. The molecule has 1 aliphatic heterocycles. The van der Waals surface area contributed by atoms with Crippen LogP contribution < -0.4 is 0 Å². The molecule has 0 amide bonds. The van der Waals surface area contributed by atoms with Gasteiger partial charge in [0.05, 0.1) is 12.7 Å². The van der Waals surface area contributed by atoms with E-state index in [9.17, 15) is 5.11 Å². The van der Waals surface area contributed by atoms with E-state index in [0.717, 1.165) is 32.6 Å². The van der Waals surface area contributed by atoms with Gasteiger partial charge in [-0.3, -0.25) is 4.90 Å². The first-order valence-corrected chi connectivity index (χ1v) is 9.80. The van der Waals surface area contributed by atoms with Gasteiger partial charge >= 0.3 is 8.80 Å². The average molecular weight is 337 g/mol. The summed E-state index contributed by atoms with van der Waals surface area (Å²) in [6.45, 7) is 5.77. The lowest BCUT2D eigenvalue weighted by Gasteiger charge is -2.33. The molecule has 1 atom stereocenters. The fourth-order valence-corrected chi connectivity index (χ4v) is 4.24. The van der Waals surface area contributed by atoms with Crippen molar-refractivity contribution < 1.29 is 23.1 Å². The summed E-state index contributed by atoms with van der Waals surface area (Å²) >= 11 is 0. The minimum absolute atomic E-state index is 0.369. The van der Waals surface area contributed by atoms with Crippen LogP contribution in [0.15, 0.2) is 0 Å². The van der Waals surface area contributed by atoms with Crippen LogP contribution in [0.4, 0.5) is 0 Å². The van der Waals surface area contributed by atoms with Crippen LogP contribution in [0, 0.1) is 0 Å². The molecule has 0 aromatic rings. The van der Waals surface area contributed by atoms with Crippen molar-refractivity contribution in [3.63, 3.8) is 0 Å². The summed E-state index contributed by atoms with van der Waals surface area (Å²) in [6.07, 6.45) is 0.362. The Hall–Kier alpha value is -0.0631. The van der Waals surface area contributed by atoms with Crippen LogP contribution in [-0.2, 0) is 18.0 Å². The highest BCUT2D eigenvalue weighted by Gasteiger charge is 2.36. The van der Waals surface area contributed by atoms with Crippen LogP contribution in [0.25, 0.3) is 0 Å². The maximum atomic E-state index is 10.0. The summed E-state index contributed by atoms with van der Waals surface area (Å²) < 4.78 is 21.6. The Morgan fingerprint density at radius 3 is 2.18 bits per heavy atom. The minimum Gasteiger partial charge on any atom is -0.389 e. The Kier molecular flexibility index (Phi) is 9.68. The first-order valence-electron chi connectivity index (χ1n) is 7.87. The van der Waals surface area contributed by atoms with E-state index >= 15 is 0 Å². The van der Waals surface area contributed by atoms with E-state index in [-0.39, 0.29) is 0 Å². The third kappa shape index (κ3) is 7.01. The highest BCUT2D eigenvalue weighted by atomic mass is 28.4. The van der Waals surface area contributed by atoms with Gasteiger partial charge in [-0.1, -0.05) is 0 Å². The Bertz CT molecular complexity index is 278. The predicted molar refractivity (Wildman–Crippen MR) is 87.0 cm³/mol. The summed E-state index contributed by atoms with van der Waals surface area (Å²) in [5.74, 6) is 0. The number of hydrogen-bond donors (Lipinski definition) is 1. The van der Waals surface area contributed by atoms with Gasteiger partial charge in [-0.15, -0.1) is 0 Å². The molecule has 1 N–H and O–H groups in total. The number of rotatable bonds is 11. The summed E-state index contributed by atoms with van der Waals surface area (Å²) in [6, 6.07) is 0.713. The highest BCUT2D eigenvalue weighted by molar-refractivity contribution is 6.60. The topological polar surface area (TPSA) is 63.6 Å². The third-order valence-electron chi connectivity index (χ3n) is 4.08. The monoisotopic (exact) mass is 336 g/mol. The van der Waals surface area contributed by atoms with Gasteiger partial charge in [0.25, 0.3) is 0 Å². The molecule has 0 bridgehead atoms. The molecule has 1 aliphatic rings. The molecule has 0 spiro atoms. The van der Waals surface area contributed by atoms with E-state index < -0.39 is 14.9 Å². The van der Waals surface area contributed by atoms with Crippen molar-refractivity contribution in [2.24, 2.45) is 0 Å². The molecule has 1 heterocycles. The number of likely N-dealkylation sites (N-methyl/N-ethyl adjacent to an activating group) is 1. The highest BCUT2D eigenvalue weighted by Crippen LogP contribution is 2.14. The molecule has 0 aromatic carbocycles. The number of ether oxygens (including phenoxy) is 1. The molecule has 132 valence electrons. The molecule has 22 heavy (non-hydrogen) atoms. The number of piperazine rings is 1. The molecule has 1 rings (SSSR count). The molecule has 0 aromatic heterocycles. The molecule has 0 saturated carbocycles. The first-order chi connectivity index (χ1) is 10.5. The van der Waals surface area contributed by atoms with Gasteiger partial charge in [0.2, 0.25) is 0 Å². The molecular weight excluding hydrogens is 304 g/mol. The van der Waals surface area contributed by atoms with Crippen molar-refractivity contribution in [1.82, 2.24) is 9.80 Å².